The fraction of sp³-hybridized carbons (Fsp3) is 0.829. The number of nitrogens with zero attached hydrogens (tertiary/aromatic N) is 1. The highest BCUT2D eigenvalue weighted by molar-refractivity contribution is 8.77. The minimum absolute atomic E-state index is 0.0284. The molecule has 48 heavy (non-hydrogen) atoms. The monoisotopic (exact) mass is 707 g/mol. The second-order valence-corrected chi connectivity index (χ2v) is 16.0. The summed E-state index contributed by atoms with van der Waals surface area (Å²) in [7, 11) is 2.75. The molecule has 1 aromatic rings. The van der Waals surface area contributed by atoms with Gasteiger partial charge in [0.2, 0.25) is 0 Å². The average molecular weight is 708 g/mol. The molecular formula is C41H73NO4S2. The second-order valence-electron chi connectivity index (χ2n) is 13.6. The van der Waals surface area contributed by atoms with E-state index in [1.165, 1.54) is 176 Å². The lowest BCUT2D eigenvalue weighted by molar-refractivity contribution is -0.149. The van der Waals surface area contributed by atoms with Crippen molar-refractivity contribution in [3.63, 3.8) is 0 Å². The van der Waals surface area contributed by atoms with Gasteiger partial charge in [0.15, 0.2) is 0 Å². The highest BCUT2D eigenvalue weighted by Gasteiger charge is 2.26. The molecule has 1 rings (SSSR count). The van der Waals surface area contributed by atoms with Gasteiger partial charge in [0.05, 0.1) is 19.6 Å². The summed E-state index contributed by atoms with van der Waals surface area (Å²) in [6, 6.07) is 5.69. The second kappa shape index (κ2) is 35.6. The third kappa shape index (κ3) is 29.7. The summed E-state index contributed by atoms with van der Waals surface area (Å²) in [5.74, 6) is -0.649. The van der Waals surface area contributed by atoms with Crippen LogP contribution in [0.25, 0.3) is 0 Å². The van der Waals surface area contributed by atoms with Crippen LogP contribution in [0, 0.1) is 0 Å². The highest BCUT2D eigenvalue weighted by Crippen LogP contribution is 2.35. The maximum Gasteiger partial charge on any atom is 0.320 e. The van der Waals surface area contributed by atoms with E-state index in [9.17, 15) is 9.59 Å². The van der Waals surface area contributed by atoms with Crippen molar-refractivity contribution >= 4 is 33.5 Å². The first-order chi connectivity index (χ1) is 23.7. The predicted molar refractivity (Wildman–Crippen MR) is 209 cm³/mol. The van der Waals surface area contributed by atoms with Crippen molar-refractivity contribution in [3.05, 3.63) is 24.4 Å². The minimum Gasteiger partial charge on any atom is -0.466 e. The summed E-state index contributed by atoms with van der Waals surface area (Å²) in [5.41, 5.74) is 0. The maximum atomic E-state index is 13.0. The number of aromatic nitrogens is 1. The molecule has 0 N–H and O–H groups in total. The van der Waals surface area contributed by atoms with Crippen molar-refractivity contribution in [2.45, 2.75) is 210 Å². The highest BCUT2D eigenvalue weighted by atomic mass is 33.1. The van der Waals surface area contributed by atoms with Gasteiger partial charge >= 0.3 is 11.9 Å². The first-order valence-corrected chi connectivity index (χ1v) is 22.4. The first kappa shape index (κ1) is 44.8. The van der Waals surface area contributed by atoms with E-state index in [0.717, 1.165) is 30.7 Å². The normalized spacial score (nSPS) is 11.9. The van der Waals surface area contributed by atoms with Crippen LogP contribution >= 0.6 is 21.6 Å². The van der Waals surface area contributed by atoms with Gasteiger partial charge in [0.1, 0.15) is 10.3 Å². The molecule has 1 aromatic heterocycles. The van der Waals surface area contributed by atoms with Gasteiger partial charge in [-0.1, -0.05) is 198 Å². The largest absolute Gasteiger partial charge is 0.466 e. The lowest BCUT2D eigenvalue weighted by Gasteiger charge is -2.15. The summed E-state index contributed by atoms with van der Waals surface area (Å²) >= 11 is 0. The number of ether oxygens (including phenoxy) is 2. The summed E-state index contributed by atoms with van der Waals surface area (Å²) in [5, 5.41) is 0.204. The molecule has 0 spiro atoms. The van der Waals surface area contributed by atoms with Crippen molar-refractivity contribution in [1.82, 2.24) is 4.98 Å². The maximum absolute atomic E-state index is 13.0. The van der Waals surface area contributed by atoms with E-state index in [0.29, 0.717) is 13.2 Å². The van der Waals surface area contributed by atoms with Gasteiger partial charge in [-0.05, 0) is 35.8 Å². The van der Waals surface area contributed by atoms with Crippen molar-refractivity contribution < 1.29 is 19.1 Å². The van der Waals surface area contributed by atoms with Crippen LogP contribution in [0.1, 0.15) is 200 Å². The molecule has 0 aliphatic rings. The zero-order valence-electron chi connectivity index (χ0n) is 31.2. The summed E-state index contributed by atoms with van der Waals surface area (Å²) in [6.07, 6.45) is 38.0. The lowest BCUT2D eigenvalue weighted by atomic mass is 10.0. The Kier molecular flexibility index (Phi) is 33.2. The average Bonchev–Trinajstić information content (AvgIpc) is 3.10. The van der Waals surface area contributed by atoms with E-state index in [4.69, 9.17) is 9.47 Å². The van der Waals surface area contributed by atoms with Gasteiger partial charge in [-0.3, -0.25) is 9.59 Å². The first-order valence-electron chi connectivity index (χ1n) is 20.2. The zero-order chi connectivity index (χ0) is 34.6. The molecule has 0 aromatic carbocycles. The Morgan fingerprint density at radius 3 is 1.35 bits per heavy atom. The Bertz CT molecular complexity index is 841. The summed E-state index contributed by atoms with van der Waals surface area (Å²) in [4.78, 5) is 29.9. The number of hydrogen-bond acceptors (Lipinski definition) is 7. The number of hydrogen-bond donors (Lipinski definition) is 0. The molecule has 0 aliphatic carbocycles. The Morgan fingerprint density at radius 1 is 0.562 bits per heavy atom. The molecule has 5 nitrogen and oxygen atoms in total. The number of carbonyl (C=O) groups is 2. The smallest absolute Gasteiger partial charge is 0.320 e. The summed E-state index contributed by atoms with van der Waals surface area (Å²) < 4.78 is 11.2. The quantitative estimate of drug-likeness (QED) is 0.0391. The molecule has 7 heteroatoms. The van der Waals surface area contributed by atoms with Gasteiger partial charge in [0, 0.05) is 6.20 Å². The number of pyridine rings is 1. The van der Waals surface area contributed by atoms with E-state index >= 15 is 0 Å². The molecule has 0 fully saturated rings. The molecule has 0 amide bonds. The van der Waals surface area contributed by atoms with E-state index in [1.807, 2.05) is 18.2 Å². The Balaban J connectivity index is 2.14. The van der Waals surface area contributed by atoms with Crippen LogP contribution in [-0.4, -0.2) is 35.4 Å². The van der Waals surface area contributed by atoms with Crippen molar-refractivity contribution in [1.29, 1.82) is 0 Å². The Hall–Kier alpha value is -1.21. The molecular weight excluding hydrogens is 635 g/mol. The third-order valence-corrected chi connectivity index (χ3v) is 11.6. The van der Waals surface area contributed by atoms with E-state index in [-0.39, 0.29) is 18.4 Å². The Morgan fingerprint density at radius 2 is 0.958 bits per heavy atom. The fourth-order valence-corrected chi connectivity index (χ4v) is 8.10. The molecule has 1 atom stereocenters. The van der Waals surface area contributed by atoms with E-state index < -0.39 is 5.25 Å². The minimum atomic E-state index is -0.604. The van der Waals surface area contributed by atoms with E-state index in [1.54, 1.807) is 6.20 Å². The zero-order valence-corrected chi connectivity index (χ0v) is 32.8. The molecule has 1 unspecified atom stereocenters. The molecule has 278 valence electrons. The molecule has 0 radical (unpaired) electrons. The van der Waals surface area contributed by atoms with Crippen molar-refractivity contribution in [2.24, 2.45) is 0 Å². The summed E-state index contributed by atoms with van der Waals surface area (Å²) in [6.45, 7) is 5.39. The van der Waals surface area contributed by atoms with Crippen LogP contribution in [-0.2, 0) is 19.1 Å². The molecule has 0 aliphatic heterocycles. The predicted octanol–water partition coefficient (Wildman–Crippen LogP) is 13.6. The van der Waals surface area contributed by atoms with E-state index in [2.05, 4.69) is 18.8 Å². The third-order valence-electron chi connectivity index (χ3n) is 9.01. The number of carbonyl (C=O) groups excluding carboxylic acids is 2. The SMILES string of the molecule is CCCCCCCCCCCCCCCCOC(=O)CC(SSc1ccccn1)C(=O)OCCCCCCCCCCCCCCCC. The number of esters is 2. The van der Waals surface area contributed by atoms with Crippen molar-refractivity contribution in [2.75, 3.05) is 13.2 Å². The van der Waals surface area contributed by atoms with Gasteiger partial charge in [0.25, 0.3) is 0 Å². The molecule has 0 saturated carbocycles. The van der Waals surface area contributed by atoms with Gasteiger partial charge in [-0.2, -0.15) is 0 Å². The number of unbranched alkanes of at least 4 members (excludes halogenated alkanes) is 26. The van der Waals surface area contributed by atoms with Crippen molar-refractivity contribution in [3.8, 4) is 0 Å². The topological polar surface area (TPSA) is 65.5 Å². The Labute approximate surface area is 304 Å². The molecule has 0 bridgehead atoms. The van der Waals surface area contributed by atoms with Gasteiger partial charge in [-0.25, -0.2) is 4.98 Å². The van der Waals surface area contributed by atoms with Crippen LogP contribution in [0.5, 0.6) is 0 Å². The lowest BCUT2D eigenvalue weighted by Crippen LogP contribution is -2.24. The van der Waals surface area contributed by atoms with Gasteiger partial charge < -0.3 is 9.47 Å². The van der Waals surface area contributed by atoms with Crippen LogP contribution in [0.2, 0.25) is 0 Å². The fourth-order valence-electron chi connectivity index (χ4n) is 5.92. The standard InChI is InChI=1S/C41H73NO4S2/c1-3-5-7-9-11-13-15-17-19-21-23-25-27-31-35-45-40(43)37-38(47-48-39-33-29-30-34-42-39)41(44)46-36-32-28-26-24-22-20-18-16-14-12-10-8-6-4-2/h29-30,33-34,38H,3-28,31-32,35-37H2,1-2H3. The van der Waals surface area contributed by atoms with Crippen LogP contribution in [0.4, 0.5) is 0 Å². The number of rotatable bonds is 36. The van der Waals surface area contributed by atoms with Crippen LogP contribution < -0.4 is 0 Å². The van der Waals surface area contributed by atoms with Crippen LogP contribution in [0.15, 0.2) is 29.4 Å². The van der Waals surface area contributed by atoms with Crippen LogP contribution in [0.3, 0.4) is 0 Å². The molecule has 0 saturated heterocycles. The van der Waals surface area contributed by atoms with Gasteiger partial charge in [-0.15, -0.1) is 0 Å². The molecule has 1 heterocycles.